The highest BCUT2D eigenvalue weighted by atomic mass is 16.3. The molecule has 1 aliphatic rings. The van der Waals surface area contributed by atoms with Crippen molar-refractivity contribution in [3.63, 3.8) is 0 Å². The zero-order chi connectivity index (χ0) is 9.26. The Kier molecular flexibility index (Phi) is 2.20. The number of anilines is 1. The molecule has 1 heterocycles. The molecule has 0 fully saturated rings. The Morgan fingerprint density at radius 2 is 2.38 bits per heavy atom. The molecule has 4 N–H and O–H groups in total. The fraction of sp³-hybridized carbons (Fsp3) is 0.400. The number of hydrogen-bond acceptors (Lipinski definition) is 3. The third-order valence-corrected chi connectivity index (χ3v) is 2.43. The van der Waals surface area contributed by atoms with Crippen LogP contribution in [-0.2, 0) is 13.0 Å². The number of para-hydroxylation sites is 1. The minimum absolute atomic E-state index is 0.0887. The van der Waals surface area contributed by atoms with Crippen LogP contribution in [-0.4, -0.2) is 17.7 Å². The molecule has 0 amide bonds. The van der Waals surface area contributed by atoms with E-state index in [-0.39, 0.29) is 12.6 Å². The van der Waals surface area contributed by atoms with Crippen LogP contribution in [0.3, 0.4) is 0 Å². The summed E-state index contributed by atoms with van der Waals surface area (Å²) in [5, 5.41) is 12.3. The maximum atomic E-state index is 9.09. The highest BCUT2D eigenvalue weighted by Gasteiger charge is 2.16. The molecule has 1 aromatic rings. The van der Waals surface area contributed by atoms with Gasteiger partial charge in [0.15, 0.2) is 0 Å². The van der Waals surface area contributed by atoms with E-state index in [0.717, 1.165) is 24.2 Å². The maximum Gasteiger partial charge on any atom is 0.0702 e. The molecule has 0 unspecified atom stereocenters. The van der Waals surface area contributed by atoms with Gasteiger partial charge in [0.25, 0.3) is 0 Å². The van der Waals surface area contributed by atoms with Gasteiger partial charge in [-0.15, -0.1) is 0 Å². The zero-order valence-electron chi connectivity index (χ0n) is 7.46. The predicted molar refractivity (Wildman–Crippen MR) is 52.5 cm³/mol. The van der Waals surface area contributed by atoms with E-state index in [0.29, 0.717) is 0 Å². The smallest absolute Gasteiger partial charge is 0.0702 e. The van der Waals surface area contributed by atoms with Crippen LogP contribution in [0.1, 0.15) is 11.1 Å². The lowest BCUT2D eigenvalue weighted by Gasteiger charge is -2.25. The Balaban J connectivity index is 2.39. The molecule has 0 saturated heterocycles. The number of hydrogen-bond donors (Lipinski definition) is 3. The summed E-state index contributed by atoms with van der Waals surface area (Å²) >= 11 is 0. The van der Waals surface area contributed by atoms with Gasteiger partial charge in [0.1, 0.15) is 0 Å². The number of nitrogens with one attached hydrogen (secondary N) is 1. The zero-order valence-corrected chi connectivity index (χ0v) is 7.46. The summed E-state index contributed by atoms with van der Waals surface area (Å²) in [6, 6.07) is 6.15. The van der Waals surface area contributed by atoms with Crippen LogP contribution in [0, 0.1) is 0 Å². The largest absolute Gasteiger partial charge is 0.392 e. The topological polar surface area (TPSA) is 58.3 Å². The molecule has 3 nitrogen and oxygen atoms in total. The van der Waals surface area contributed by atoms with E-state index in [1.807, 2.05) is 12.1 Å². The predicted octanol–water partition coefficient (Wildman–Crippen LogP) is 0.474. The summed E-state index contributed by atoms with van der Waals surface area (Å²) in [6.45, 7) is 0.884. The number of fused-ring (bicyclic) bond motifs is 1. The van der Waals surface area contributed by atoms with E-state index in [2.05, 4.69) is 11.4 Å². The third-order valence-electron chi connectivity index (χ3n) is 2.43. The van der Waals surface area contributed by atoms with Crippen molar-refractivity contribution in [1.29, 1.82) is 0 Å². The first-order chi connectivity index (χ1) is 6.31. The van der Waals surface area contributed by atoms with E-state index in [4.69, 9.17) is 10.8 Å². The summed E-state index contributed by atoms with van der Waals surface area (Å²) in [7, 11) is 0. The Hall–Kier alpha value is -1.06. The van der Waals surface area contributed by atoms with Gasteiger partial charge in [-0.05, 0) is 12.0 Å². The molecule has 3 heteroatoms. The van der Waals surface area contributed by atoms with Crippen molar-refractivity contribution in [3.8, 4) is 0 Å². The van der Waals surface area contributed by atoms with Crippen molar-refractivity contribution in [2.24, 2.45) is 5.73 Å². The molecule has 13 heavy (non-hydrogen) atoms. The van der Waals surface area contributed by atoms with Crippen LogP contribution < -0.4 is 11.1 Å². The highest BCUT2D eigenvalue weighted by molar-refractivity contribution is 5.59. The number of aliphatic hydroxyl groups excluding tert-OH is 1. The Bertz CT molecular complexity index is 312. The van der Waals surface area contributed by atoms with Gasteiger partial charge in [0.05, 0.1) is 6.61 Å². The van der Waals surface area contributed by atoms with Gasteiger partial charge in [0, 0.05) is 23.8 Å². The fourth-order valence-electron chi connectivity index (χ4n) is 1.77. The minimum atomic E-state index is 0.0887. The lowest BCUT2D eigenvalue weighted by Crippen LogP contribution is -2.35. The molecule has 0 bridgehead atoms. The van der Waals surface area contributed by atoms with Gasteiger partial charge in [-0.3, -0.25) is 0 Å². The summed E-state index contributed by atoms with van der Waals surface area (Å²) in [4.78, 5) is 0. The lowest BCUT2D eigenvalue weighted by molar-refractivity contribution is 0.282. The van der Waals surface area contributed by atoms with Gasteiger partial charge in [-0.2, -0.15) is 0 Å². The molecule has 0 aromatic heterocycles. The standard InChI is InChI=1S/C10H14N2O/c11-9-4-7-2-1-3-8(6-13)10(7)12-5-9/h1-3,9,12-13H,4-6,11H2/t9-/m1/s1. The van der Waals surface area contributed by atoms with Crippen molar-refractivity contribution >= 4 is 5.69 Å². The summed E-state index contributed by atoms with van der Waals surface area (Å²) in [5.41, 5.74) is 9.07. The van der Waals surface area contributed by atoms with Crippen molar-refractivity contribution in [2.75, 3.05) is 11.9 Å². The number of nitrogens with two attached hydrogens (primary N) is 1. The normalized spacial score (nSPS) is 20.6. The Morgan fingerprint density at radius 1 is 1.54 bits per heavy atom. The van der Waals surface area contributed by atoms with E-state index in [1.54, 1.807) is 0 Å². The summed E-state index contributed by atoms with van der Waals surface area (Å²) in [6.07, 6.45) is 0.899. The van der Waals surface area contributed by atoms with Crippen LogP contribution in [0.15, 0.2) is 18.2 Å². The number of rotatable bonds is 1. The molecule has 0 spiro atoms. The molecule has 70 valence electrons. The van der Waals surface area contributed by atoms with Crippen LogP contribution >= 0.6 is 0 Å². The highest BCUT2D eigenvalue weighted by Crippen LogP contribution is 2.25. The van der Waals surface area contributed by atoms with Crippen molar-refractivity contribution < 1.29 is 5.11 Å². The molecule has 0 radical (unpaired) electrons. The Morgan fingerprint density at radius 3 is 3.15 bits per heavy atom. The van der Waals surface area contributed by atoms with Crippen LogP contribution in [0.5, 0.6) is 0 Å². The first kappa shape index (κ1) is 8.53. The maximum absolute atomic E-state index is 9.09. The minimum Gasteiger partial charge on any atom is -0.392 e. The molecule has 2 rings (SSSR count). The second-order valence-electron chi connectivity index (χ2n) is 3.45. The van der Waals surface area contributed by atoms with Crippen LogP contribution in [0.25, 0.3) is 0 Å². The first-order valence-electron chi connectivity index (χ1n) is 4.52. The summed E-state index contributed by atoms with van der Waals surface area (Å²) in [5.74, 6) is 0. The van der Waals surface area contributed by atoms with E-state index < -0.39 is 0 Å². The van der Waals surface area contributed by atoms with Crippen molar-refractivity contribution in [2.45, 2.75) is 19.1 Å². The number of benzene rings is 1. The van der Waals surface area contributed by atoms with E-state index in [1.165, 1.54) is 5.56 Å². The molecule has 0 saturated carbocycles. The van der Waals surface area contributed by atoms with Gasteiger partial charge in [-0.1, -0.05) is 18.2 Å². The fourth-order valence-corrected chi connectivity index (χ4v) is 1.77. The van der Waals surface area contributed by atoms with Crippen molar-refractivity contribution in [1.82, 2.24) is 0 Å². The molecule has 1 aromatic carbocycles. The molecular formula is C10H14N2O. The average molecular weight is 178 g/mol. The number of aliphatic hydroxyl groups is 1. The lowest BCUT2D eigenvalue weighted by atomic mass is 9.97. The monoisotopic (exact) mass is 178 g/mol. The van der Waals surface area contributed by atoms with Gasteiger partial charge in [0.2, 0.25) is 0 Å². The van der Waals surface area contributed by atoms with Gasteiger partial charge in [-0.25, -0.2) is 0 Å². The second-order valence-corrected chi connectivity index (χ2v) is 3.45. The second kappa shape index (κ2) is 3.36. The molecule has 0 aliphatic carbocycles. The Labute approximate surface area is 77.6 Å². The van der Waals surface area contributed by atoms with Crippen LogP contribution in [0.4, 0.5) is 5.69 Å². The van der Waals surface area contributed by atoms with Gasteiger partial charge < -0.3 is 16.2 Å². The molecular weight excluding hydrogens is 164 g/mol. The SMILES string of the molecule is N[C@H]1CNc2c(CO)cccc2C1. The van der Waals surface area contributed by atoms with E-state index in [9.17, 15) is 0 Å². The summed E-state index contributed by atoms with van der Waals surface area (Å²) < 4.78 is 0. The van der Waals surface area contributed by atoms with Gasteiger partial charge >= 0.3 is 0 Å². The van der Waals surface area contributed by atoms with Crippen LogP contribution in [0.2, 0.25) is 0 Å². The molecule has 1 aliphatic heterocycles. The third kappa shape index (κ3) is 1.53. The quantitative estimate of drug-likeness (QED) is 0.586. The van der Waals surface area contributed by atoms with Crippen molar-refractivity contribution in [3.05, 3.63) is 29.3 Å². The molecule has 1 atom stereocenters. The van der Waals surface area contributed by atoms with E-state index >= 15 is 0 Å². The first-order valence-corrected chi connectivity index (χ1v) is 4.52. The average Bonchev–Trinajstić information content (AvgIpc) is 2.16.